The van der Waals surface area contributed by atoms with Crippen LogP contribution in [0.4, 0.5) is 11.5 Å². The lowest BCUT2D eigenvalue weighted by atomic mass is 9.82. The van der Waals surface area contributed by atoms with Crippen LogP contribution in [-0.2, 0) is 14.4 Å². The van der Waals surface area contributed by atoms with E-state index in [9.17, 15) is 24.0 Å². The second kappa shape index (κ2) is 15.3. The molecule has 312 valence electrons. The average molecular weight is 814 g/mol. The molecule has 4 aromatic rings. The number of aromatic nitrogens is 4. The standard InChI is InChI=1S/C45H51N9O6/c1-45(14-15-45)60-31-3-5-35-34(24-31)40(50-49-35)36-25-38(47-26-46-36)52-16-8-27(9-17-52)22-28-10-18-53(19-11-28)42(57)29-12-20-51(21-13-29)30-2-4-32-33(23-30)44(59)54(43(32)58)37-6-7-39(55)48-41(37)56/h2-5,23-29,37H,6-22H2,1H3,(H,49,50)(H,48,55,56). The highest BCUT2D eigenvalue weighted by molar-refractivity contribution is 6.23. The van der Waals surface area contributed by atoms with Gasteiger partial charge in [-0.3, -0.25) is 39.3 Å². The molecule has 4 saturated heterocycles. The minimum absolute atomic E-state index is 0.0285. The van der Waals surface area contributed by atoms with E-state index in [-0.39, 0.29) is 41.4 Å². The number of hydrogen-bond donors (Lipinski definition) is 2. The first-order valence-electron chi connectivity index (χ1n) is 21.7. The number of benzene rings is 2. The van der Waals surface area contributed by atoms with Gasteiger partial charge in [0.25, 0.3) is 11.8 Å². The highest BCUT2D eigenvalue weighted by Gasteiger charge is 2.45. The number of hydrogen-bond acceptors (Lipinski definition) is 11. The molecular formula is C45H51N9O6. The van der Waals surface area contributed by atoms with Gasteiger partial charge in [0, 0.05) is 68.7 Å². The van der Waals surface area contributed by atoms with E-state index in [1.165, 1.54) is 6.42 Å². The van der Waals surface area contributed by atoms with Crippen LogP contribution in [0.25, 0.3) is 22.3 Å². The zero-order chi connectivity index (χ0) is 41.1. The number of nitrogens with zero attached hydrogens (tertiary/aromatic N) is 7. The minimum atomic E-state index is -0.990. The number of fused-ring (bicyclic) bond motifs is 2. The topological polar surface area (TPSA) is 174 Å². The number of nitrogens with one attached hydrogen (secondary N) is 2. The van der Waals surface area contributed by atoms with Crippen molar-refractivity contribution in [2.75, 3.05) is 49.1 Å². The molecule has 6 aliphatic rings. The van der Waals surface area contributed by atoms with E-state index in [0.717, 1.165) is 122 Å². The van der Waals surface area contributed by atoms with E-state index in [1.54, 1.807) is 18.5 Å². The molecule has 60 heavy (non-hydrogen) atoms. The van der Waals surface area contributed by atoms with Crippen molar-refractivity contribution in [3.05, 3.63) is 59.9 Å². The van der Waals surface area contributed by atoms with Crippen molar-refractivity contribution in [3.63, 3.8) is 0 Å². The van der Waals surface area contributed by atoms with Gasteiger partial charge in [-0.1, -0.05) is 0 Å². The zero-order valence-electron chi connectivity index (χ0n) is 34.0. The van der Waals surface area contributed by atoms with Crippen LogP contribution in [0.2, 0.25) is 0 Å². The molecule has 2 aromatic heterocycles. The molecule has 5 aliphatic heterocycles. The predicted molar refractivity (Wildman–Crippen MR) is 222 cm³/mol. The Balaban J connectivity index is 0.679. The molecule has 15 nitrogen and oxygen atoms in total. The summed E-state index contributed by atoms with van der Waals surface area (Å²) in [4.78, 5) is 81.2. The van der Waals surface area contributed by atoms with Crippen molar-refractivity contribution in [1.29, 1.82) is 0 Å². The Kier molecular flexibility index (Phi) is 9.79. The number of carbonyl (C=O) groups is 5. The van der Waals surface area contributed by atoms with E-state index >= 15 is 0 Å². The van der Waals surface area contributed by atoms with E-state index in [4.69, 9.17) is 4.74 Å². The molecule has 0 spiro atoms. The summed E-state index contributed by atoms with van der Waals surface area (Å²) in [6.07, 6.45) is 11.0. The second-order valence-corrected chi connectivity index (χ2v) is 18.0. The van der Waals surface area contributed by atoms with Gasteiger partial charge in [-0.05, 0) is 119 Å². The van der Waals surface area contributed by atoms with Crippen molar-refractivity contribution in [2.45, 2.75) is 89.2 Å². The molecule has 0 bridgehead atoms. The summed E-state index contributed by atoms with van der Waals surface area (Å²) >= 11 is 0. The number of piperidine rings is 4. The molecule has 1 unspecified atom stereocenters. The first kappa shape index (κ1) is 38.3. The molecule has 0 radical (unpaired) electrons. The third-order valence-corrected chi connectivity index (χ3v) is 13.9. The molecule has 2 N–H and O–H groups in total. The molecule has 1 saturated carbocycles. The number of carbonyl (C=O) groups excluding carboxylic acids is 5. The Hall–Kier alpha value is -5.86. The average Bonchev–Trinajstić information content (AvgIpc) is 3.75. The van der Waals surface area contributed by atoms with E-state index in [1.807, 2.05) is 18.2 Å². The highest BCUT2D eigenvalue weighted by atomic mass is 16.5. The molecule has 5 fully saturated rings. The van der Waals surface area contributed by atoms with E-state index in [2.05, 4.69) is 59.2 Å². The van der Waals surface area contributed by atoms with Gasteiger partial charge in [0.15, 0.2) is 0 Å². The maximum Gasteiger partial charge on any atom is 0.262 e. The summed E-state index contributed by atoms with van der Waals surface area (Å²) in [6, 6.07) is 12.4. The molecule has 7 heterocycles. The summed E-state index contributed by atoms with van der Waals surface area (Å²) in [6.45, 7) is 7.03. The van der Waals surface area contributed by atoms with Crippen LogP contribution in [0, 0.1) is 17.8 Å². The lowest BCUT2D eigenvalue weighted by molar-refractivity contribution is -0.138. The quantitative estimate of drug-likeness (QED) is 0.215. The number of rotatable bonds is 9. The molecule has 15 heteroatoms. The smallest absolute Gasteiger partial charge is 0.262 e. The minimum Gasteiger partial charge on any atom is -0.488 e. The largest absolute Gasteiger partial charge is 0.488 e. The van der Waals surface area contributed by atoms with Gasteiger partial charge in [0.2, 0.25) is 17.7 Å². The predicted octanol–water partition coefficient (Wildman–Crippen LogP) is 5.11. The van der Waals surface area contributed by atoms with Gasteiger partial charge in [0.1, 0.15) is 35.2 Å². The molecule has 1 aliphatic carbocycles. The summed E-state index contributed by atoms with van der Waals surface area (Å²) in [5, 5.41) is 11.0. The zero-order valence-corrected chi connectivity index (χ0v) is 34.0. The summed E-state index contributed by atoms with van der Waals surface area (Å²) in [7, 11) is 0. The van der Waals surface area contributed by atoms with Crippen LogP contribution >= 0.6 is 0 Å². The van der Waals surface area contributed by atoms with Crippen LogP contribution in [-0.4, -0.2) is 110 Å². The first-order valence-corrected chi connectivity index (χ1v) is 21.7. The lowest BCUT2D eigenvalue weighted by Gasteiger charge is -2.39. The van der Waals surface area contributed by atoms with Crippen molar-refractivity contribution in [3.8, 4) is 17.1 Å². The van der Waals surface area contributed by atoms with Crippen LogP contribution < -0.4 is 19.9 Å². The van der Waals surface area contributed by atoms with E-state index in [0.29, 0.717) is 24.9 Å². The van der Waals surface area contributed by atoms with Crippen LogP contribution in [0.15, 0.2) is 48.8 Å². The van der Waals surface area contributed by atoms with Crippen LogP contribution in [0.1, 0.15) is 98.3 Å². The Morgan fingerprint density at radius 2 is 1.52 bits per heavy atom. The fraction of sp³-hybridized carbons (Fsp3) is 0.511. The number of H-pyrrole nitrogens is 1. The second-order valence-electron chi connectivity index (χ2n) is 18.0. The Morgan fingerprint density at radius 3 is 2.25 bits per heavy atom. The van der Waals surface area contributed by atoms with Crippen LogP contribution in [0.5, 0.6) is 5.75 Å². The van der Waals surface area contributed by atoms with Gasteiger partial charge < -0.3 is 19.4 Å². The Bertz CT molecular complexity index is 2370. The summed E-state index contributed by atoms with van der Waals surface area (Å²) in [5.74, 6) is 1.27. The third-order valence-electron chi connectivity index (χ3n) is 13.9. The Labute approximate surface area is 348 Å². The van der Waals surface area contributed by atoms with Crippen molar-refractivity contribution in [2.24, 2.45) is 17.8 Å². The van der Waals surface area contributed by atoms with Gasteiger partial charge >= 0.3 is 0 Å². The molecule has 10 rings (SSSR count). The first-order chi connectivity index (χ1) is 29.1. The summed E-state index contributed by atoms with van der Waals surface area (Å²) in [5.41, 5.74) is 3.87. The van der Waals surface area contributed by atoms with Gasteiger partial charge in [0.05, 0.1) is 22.3 Å². The molecule has 5 amide bonds. The van der Waals surface area contributed by atoms with Crippen molar-refractivity contribution >= 4 is 51.9 Å². The SMILES string of the molecule is CC1(Oc2ccc3[nH]nc(-c4cc(N5CCC(CC6CCN(C(=O)C7CCN(c8ccc9c(c8)C(=O)N(C8CCC(=O)NC8=O)C9=O)CC7)CC6)CC5)ncn4)c3c2)CC1. The Morgan fingerprint density at radius 1 is 0.800 bits per heavy atom. The normalized spacial score (nSPS) is 22.7. The van der Waals surface area contributed by atoms with Crippen LogP contribution in [0.3, 0.4) is 0 Å². The van der Waals surface area contributed by atoms with Crippen molar-refractivity contribution < 1.29 is 28.7 Å². The fourth-order valence-corrected chi connectivity index (χ4v) is 10.0. The maximum atomic E-state index is 13.7. The number of anilines is 2. The molecule has 1 atom stereocenters. The van der Waals surface area contributed by atoms with Gasteiger partial charge in [-0.2, -0.15) is 5.10 Å². The highest BCUT2D eigenvalue weighted by Crippen LogP contribution is 2.41. The number of amides is 5. The number of likely N-dealkylation sites (tertiary alicyclic amines) is 1. The number of ether oxygens (including phenoxy) is 1. The lowest BCUT2D eigenvalue weighted by Crippen LogP contribution is -2.54. The maximum absolute atomic E-state index is 13.7. The fourth-order valence-electron chi connectivity index (χ4n) is 10.0. The van der Waals surface area contributed by atoms with E-state index < -0.39 is 29.7 Å². The van der Waals surface area contributed by atoms with Gasteiger partial charge in [-0.15, -0.1) is 0 Å². The third kappa shape index (κ3) is 7.36. The monoisotopic (exact) mass is 813 g/mol. The number of imide groups is 2. The summed E-state index contributed by atoms with van der Waals surface area (Å²) < 4.78 is 6.22. The van der Waals surface area contributed by atoms with Crippen molar-refractivity contribution in [1.82, 2.24) is 35.3 Å². The number of aromatic amines is 1. The van der Waals surface area contributed by atoms with Gasteiger partial charge in [-0.25, -0.2) is 9.97 Å². The molecular weight excluding hydrogens is 763 g/mol. The molecule has 2 aromatic carbocycles.